The maximum Gasteiger partial charge on any atom is 0.341 e. The number of amides is 1. The lowest BCUT2D eigenvalue weighted by Crippen LogP contribution is -2.32. The first kappa shape index (κ1) is 21.1. The van der Waals surface area contributed by atoms with E-state index in [0.717, 1.165) is 37.7 Å². The average molecular weight is 424 g/mol. The quantitative estimate of drug-likeness (QED) is 0.767. The molecule has 10 heteroatoms. The molecule has 2 heterocycles. The monoisotopic (exact) mass is 424 g/mol. The van der Waals surface area contributed by atoms with E-state index < -0.39 is 26.4 Å². The molecule has 2 aromatic rings. The van der Waals surface area contributed by atoms with Crippen LogP contribution in [0.15, 0.2) is 35.2 Å². The van der Waals surface area contributed by atoms with Crippen molar-refractivity contribution >= 4 is 21.7 Å². The fourth-order valence-corrected chi connectivity index (χ4v) is 4.13. The summed E-state index contributed by atoms with van der Waals surface area (Å²) in [5, 5.41) is 2.57. The van der Waals surface area contributed by atoms with Gasteiger partial charge in [0.25, 0.3) is 5.91 Å². The van der Waals surface area contributed by atoms with E-state index in [2.05, 4.69) is 20.2 Å². The number of aromatic nitrogens is 2. The van der Waals surface area contributed by atoms with Crippen molar-refractivity contribution in [3.63, 3.8) is 0 Å². The van der Waals surface area contributed by atoms with Gasteiger partial charge in [-0.05, 0) is 44.4 Å². The SMILES string of the molecule is Cc1cc(CNC(=O)c2ccccc2S(=O)(=O)C(F)F)nc(N2CCCCC2)n1. The van der Waals surface area contributed by atoms with Crippen LogP contribution in [0.25, 0.3) is 0 Å². The summed E-state index contributed by atoms with van der Waals surface area (Å²) >= 11 is 0. The van der Waals surface area contributed by atoms with Gasteiger partial charge < -0.3 is 10.2 Å². The molecule has 0 saturated carbocycles. The minimum Gasteiger partial charge on any atom is -0.346 e. The number of sulfone groups is 1. The Balaban J connectivity index is 1.77. The fourth-order valence-electron chi connectivity index (χ4n) is 3.21. The molecular weight excluding hydrogens is 402 g/mol. The molecule has 1 aliphatic heterocycles. The summed E-state index contributed by atoms with van der Waals surface area (Å²) < 4.78 is 49.5. The van der Waals surface area contributed by atoms with Crippen molar-refractivity contribution in [3.8, 4) is 0 Å². The first-order chi connectivity index (χ1) is 13.8. The average Bonchev–Trinajstić information content (AvgIpc) is 2.72. The topological polar surface area (TPSA) is 92.3 Å². The van der Waals surface area contributed by atoms with E-state index in [1.807, 2.05) is 6.92 Å². The molecule has 3 rings (SSSR count). The summed E-state index contributed by atoms with van der Waals surface area (Å²) in [5.74, 6) is -3.77. The number of nitrogens with one attached hydrogen (secondary N) is 1. The number of alkyl halides is 2. The third-order valence-corrected chi connectivity index (χ3v) is 6.08. The van der Waals surface area contributed by atoms with Crippen LogP contribution >= 0.6 is 0 Å². The number of nitrogens with zero attached hydrogens (tertiary/aromatic N) is 3. The van der Waals surface area contributed by atoms with Crippen molar-refractivity contribution in [2.75, 3.05) is 18.0 Å². The van der Waals surface area contributed by atoms with Crippen molar-refractivity contribution in [3.05, 3.63) is 47.3 Å². The Morgan fingerprint density at radius 2 is 1.86 bits per heavy atom. The highest BCUT2D eigenvalue weighted by Crippen LogP contribution is 2.22. The molecule has 156 valence electrons. The smallest absolute Gasteiger partial charge is 0.341 e. The van der Waals surface area contributed by atoms with Gasteiger partial charge in [-0.25, -0.2) is 18.4 Å². The predicted octanol–water partition coefficient (Wildman–Crippen LogP) is 2.70. The molecule has 0 unspecified atom stereocenters. The second-order valence-electron chi connectivity index (χ2n) is 6.83. The third kappa shape index (κ3) is 4.87. The fraction of sp³-hybridized carbons (Fsp3) is 0.421. The van der Waals surface area contributed by atoms with Crippen LogP contribution in [0.1, 0.15) is 41.0 Å². The van der Waals surface area contributed by atoms with Gasteiger partial charge in [0.05, 0.1) is 22.7 Å². The molecule has 0 aliphatic carbocycles. The molecule has 1 aliphatic rings. The van der Waals surface area contributed by atoms with E-state index in [0.29, 0.717) is 11.6 Å². The maximum absolute atomic E-state index is 12.9. The van der Waals surface area contributed by atoms with E-state index in [4.69, 9.17) is 0 Å². The summed E-state index contributed by atoms with van der Waals surface area (Å²) in [6.45, 7) is 3.58. The normalized spacial score (nSPS) is 14.8. The minimum atomic E-state index is -4.89. The Morgan fingerprint density at radius 1 is 1.17 bits per heavy atom. The van der Waals surface area contributed by atoms with Crippen molar-refractivity contribution in [1.29, 1.82) is 0 Å². The molecule has 1 fully saturated rings. The van der Waals surface area contributed by atoms with Crippen LogP contribution in [0.5, 0.6) is 0 Å². The molecule has 0 bridgehead atoms. The van der Waals surface area contributed by atoms with Crippen LogP contribution < -0.4 is 10.2 Å². The van der Waals surface area contributed by atoms with E-state index in [-0.39, 0.29) is 12.1 Å². The Bertz CT molecular complexity index is 993. The number of hydrogen-bond donors (Lipinski definition) is 1. The Morgan fingerprint density at radius 3 is 2.55 bits per heavy atom. The van der Waals surface area contributed by atoms with E-state index >= 15 is 0 Å². The van der Waals surface area contributed by atoms with Crippen molar-refractivity contribution in [2.45, 2.75) is 43.4 Å². The molecule has 0 atom stereocenters. The molecule has 1 aromatic carbocycles. The van der Waals surface area contributed by atoms with E-state index in [9.17, 15) is 22.0 Å². The van der Waals surface area contributed by atoms with Crippen LogP contribution in [0.3, 0.4) is 0 Å². The number of benzene rings is 1. The lowest BCUT2D eigenvalue weighted by molar-refractivity contribution is 0.0947. The first-order valence-electron chi connectivity index (χ1n) is 9.28. The van der Waals surface area contributed by atoms with Gasteiger partial charge in [0.1, 0.15) is 0 Å². The highest BCUT2D eigenvalue weighted by molar-refractivity contribution is 7.91. The number of aryl methyl sites for hydroxylation is 1. The number of piperidine rings is 1. The van der Waals surface area contributed by atoms with Crippen LogP contribution in [0.4, 0.5) is 14.7 Å². The molecule has 1 aromatic heterocycles. The van der Waals surface area contributed by atoms with Crippen LogP contribution in [-0.2, 0) is 16.4 Å². The minimum absolute atomic E-state index is 0.0199. The van der Waals surface area contributed by atoms with Crippen LogP contribution in [0, 0.1) is 6.92 Å². The molecule has 7 nitrogen and oxygen atoms in total. The highest BCUT2D eigenvalue weighted by atomic mass is 32.2. The van der Waals surface area contributed by atoms with Crippen molar-refractivity contribution < 1.29 is 22.0 Å². The lowest BCUT2D eigenvalue weighted by atomic mass is 10.1. The highest BCUT2D eigenvalue weighted by Gasteiger charge is 2.30. The summed E-state index contributed by atoms with van der Waals surface area (Å²) in [5.41, 5.74) is 0.973. The Kier molecular flexibility index (Phi) is 6.41. The van der Waals surface area contributed by atoms with Gasteiger partial charge in [0.2, 0.25) is 15.8 Å². The van der Waals surface area contributed by atoms with Gasteiger partial charge in [-0.1, -0.05) is 12.1 Å². The number of carbonyl (C=O) groups excluding carboxylic acids is 1. The van der Waals surface area contributed by atoms with Gasteiger partial charge in [-0.15, -0.1) is 0 Å². The summed E-state index contributed by atoms with van der Waals surface area (Å²) in [7, 11) is -4.89. The molecule has 29 heavy (non-hydrogen) atoms. The van der Waals surface area contributed by atoms with Gasteiger partial charge in [0, 0.05) is 18.8 Å². The molecular formula is C19H22F2N4O3S. The zero-order chi connectivity index (χ0) is 21.0. The van der Waals surface area contributed by atoms with Crippen molar-refractivity contribution in [1.82, 2.24) is 15.3 Å². The summed E-state index contributed by atoms with van der Waals surface area (Å²) in [6, 6.07) is 6.64. The Labute approximate surface area is 168 Å². The van der Waals surface area contributed by atoms with Crippen LogP contribution in [0.2, 0.25) is 0 Å². The molecule has 0 spiro atoms. The first-order valence-corrected chi connectivity index (χ1v) is 10.8. The second-order valence-corrected chi connectivity index (χ2v) is 8.72. The number of hydrogen-bond acceptors (Lipinski definition) is 6. The van der Waals surface area contributed by atoms with E-state index in [1.165, 1.54) is 24.6 Å². The number of halogens is 2. The largest absolute Gasteiger partial charge is 0.346 e. The van der Waals surface area contributed by atoms with E-state index in [1.54, 1.807) is 6.07 Å². The standard InChI is InChI=1S/C19H22F2N4O3S/c1-13-11-14(24-19(23-13)25-9-5-2-6-10-25)12-22-17(26)15-7-3-4-8-16(15)29(27,28)18(20)21/h3-4,7-8,11,18H,2,5-6,9-10,12H2,1H3,(H,22,26). The number of anilines is 1. The molecule has 1 N–H and O–H groups in total. The molecule has 1 saturated heterocycles. The summed E-state index contributed by atoms with van der Waals surface area (Å²) in [4.78, 5) is 22.8. The second kappa shape index (κ2) is 8.81. The maximum atomic E-state index is 12.9. The molecule has 1 amide bonds. The Hall–Kier alpha value is -2.62. The van der Waals surface area contributed by atoms with Gasteiger partial charge in [-0.2, -0.15) is 8.78 Å². The third-order valence-electron chi connectivity index (χ3n) is 4.64. The van der Waals surface area contributed by atoms with Crippen LogP contribution in [-0.4, -0.2) is 43.1 Å². The van der Waals surface area contributed by atoms with Crippen molar-refractivity contribution in [2.24, 2.45) is 0 Å². The molecule has 0 radical (unpaired) electrons. The predicted molar refractivity (Wildman–Crippen MR) is 104 cm³/mol. The zero-order valence-corrected chi connectivity index (χ0v) is 16.8. The number of carbonyl (C=O) groups is 1. The number of rotatable bonds is 6. The van der Waals surface area contributed by atoms with Gasteiger partial charge in [0.15, 0.2) is 0 Å². The lowest BCUT2D eigenvalue weighted by Gasteiger charge is -2.27. The summed E-state index contributed by atoms with van der Waals surface area (Å²) in [6.07, 6.45) is 3.31. The van der Waals surface area contributed by atoms with Gasteiger partial charge >= 0.3 is 5.76 Å². The van der Waals surface area contributed by atoms with Gasteiger partial charge in [-0.3, -0.25) is 4.79 Å². The zero-order valence-electron chi connectivity index (χ0n) is 15.9.